The third-order valence-electron chi connectivity index (χ3n) is 4.40. The Balaban J connectivity index is 1.92. The summed E-state index contributed by atoms with van der Waals surface area (Å²) in [5, 5.41) is 0. The molecule has 2 fully saturated rings. The molecule has 1 atom stereocenters. The van der Waals surface area contributed by atoms with Crippen LogP contribution < -0.4 is 5.73 Å². The highest BCUT2D eigenvalue weighted by molar-refractivity contribution is 5.77. The smallest absolute Gasteiger partial charge is 0.313 e. The first-order chi connectivity index (χ1) is 9.20. The molecule has 2 aliphatic rings. The fraction of sp³-hybridized carbons (Fsp3) is 0.929. The van der Waals surface area contributed by atoms with E-state index in [1.165, 1.54) is 20.0 Å². The molecule has 19 heavy (non-hydrogen) atoms. The lowest BCUT2D eigenvalue weighted by atomic mass is 9.79. The minimum absolute atomic E-state index is 0.129. The number of ether oxygens (including phenoxy) is 2. The van der Waals surface area contributed by atoms with Gasteiger partial charge < -0.3 is 15.2 Å². The van der Waals surface area contributed by atoms with E-state index in [9.17, 15) is 4.79 Å². The summed E-state index contributed by atoms with van der Waals surface area (Å²) in [7, 11) is 1.47. The minimum Gasteiger partial charge on any atom is -0.469 e. The van der Waals surface area contributed by atoms with Gasteiger partial charge in [0.15, 0.2) is 0 Å². The predicted octanol–water partition coefficient (Wildman–Crippen LogP) is 0.627. The Morgan fingerprint density at radius 1 is 1.42 bits per heavy atom. The highest BCUT2D eigenvalue weighted by Crippen LogP contribution is 2.42. The van der Waals surface area contributed by atoms with Crippen LogP contribution in [0.4, 0.5) is 0 Å². The molecular weight excluding hydrogens is 244 g/mol. The van der Waals surface area contributed by atoms with Gasteiger partial charge in [0.25, 0.3) is 0 Å². The summed E-state index contributed by atoms with van der Waals surface area (Å²) in [4.78, 5) is 14.5. The van der Waals surface area contributed by atoms with Crippen LogP contribution in [0.5, 0.6) is 0 Å². The van der Waals surface area contributed by atoms with Crippen molar-refractivity contribution in [1.82, 2.24) is 4.90 Å². The van der Waals surface area contributed by atoms with Gasteiger partial charge in [0.1, 0.15) is 0 Å². The average molecular weight is 270 g/mol. The molecule has 0 spiro atoms. The van der Waals surface area contributed by atoms with Crippen molar-refractivity contribution >= 4 is 5.97 Å². The molecule has 0 amide bonds. The van der Waals surface area contributed by atoms with Gasteiger partial charge in [0.05, 0.1) is 25.7 Å². The van der Waals surface area contributed by atoms with Crippen LogP contribution in [0, 0.1) is 11.3 Å². The summed E-state index contributed by atoms with van der Waals surface area (Å²) in [5.74, 6) is 0.544. The maximum Gasteiger partial charge on any atom is 0.313 e. The number of methoxy groups -OCH3 is 1. The van der Waals surface area contributed by atoms with Crippen LogP contribution in [-0.4, -0.2) is 57.4 Å². The zero-order valence-electron chi connectivity index (χ0n) is 11.9. The second-order valence-corrected chi connectivity index (χ2v) is 5.83. The zero-order valence-corrected chi connectivity index (χ0v) is 11.9. The van der Waals surface area contributed by atoms with Crippen molar-refractivity contribution in [3.05, 3.63) is 0 Å². The van der Waals surface area contributed by atoms with E-state index in [1.807, 2.05) is 0 Å². The Bertz CT molecular complexity index is 301. The van der Waals surface area contributed by atoms with E-state index in [-0.39, 0.29) is 5.97 Å². The van der Waals surface area contributed by atoms with E-state index < -0.39 is 5.41 Å². The molecule has 0 aromatic carbocycles. The van der Waals surface area contributed by atoms with E-state index in [4.69, 9.17) is 15.2 Å². The lowest BCUT2D eigenvalue weighted by Gasteiger charge is -2.34. The van der Waals surface area contributed by atoms with Crippen LogP contribution in [0.2, 0.25) is 0 Å². The first-order valence-corrected chi connectivity index (χ1v) is 7.29. The maximum absolute atomic E-state index is 12.2. The number of nitrogens with two attached hydrogens (primary N) is 1. The molecule has 1 saturated heterocycles. The number of carbonyl (C=O) groups excluding carboxylic acids is 1. The molecular formula is C14H26N2O3. The van der Waals surface area contributed by atoms with E-state index in [1.54, 1.807) is 0 Å². The fourth-order valence-electron chi connectivity index (χ4n) is 2.84. The predicted molar refractivity (Wildman–Crippen MR) is 72.7 cm³/mol. The standard InChI is InChI=1S/C14H26N2O3/c1-18-13(17)14(11-15,10-12-2-3-12)4-5-16-6-8-19-9-7-16/h12H,2-11,15H2,1H3. The van der Waals surface area contributed by atoms with Gasteiger partial charge in [-0.15, -0.1) is 0 Å². The molecule has 0 radical (unpaired) electrons. The van der Waals surface area contributed by atoms with E-state index >= 15 is 0 Å². The van der Waals surface area contributed by atoms with Gasteiger partial charge in [-0.1, -0.05) is 12.8 Å². The quantitative estimate of drug-likeness (QED) is 0.687. The van der Waals surface area contributed by atoms with Crippen molar-refractivity contribution in [3.8, 4) is 0 Å². The summed E-state index contributed by atoms with van der Waals surface area (Å²) < 4.78 is 10.4. The van der Waals surface area contributed by atoms with Gasteiger partial charge in [0, 0.05) is 19.6 Å². The Kier molecular flexibility index (Phi) is 5.19. The van der Waals surface area contributed by atoms with Crippen molar-refractivity contribution in [2.45, 2.75) is 25.7 Å². The number of morpholine rings is 1. The molecule has 1 unspecified atom stereocenters. The van der Waals surface area contributed by atoms with Gasteiger partial charge in [0.2, 0.25) is 0 Å². The van der Waals surface area contributed by atoms with Gasteiger partial charge in [-0.3, -0.25) is 9.69 Å². The molecule has 5 heteroatoms. The average Bonchev–Trinajstić information content (AvgIpc) is 3.27. The van der Waals surface area contributed by atoms with E-state index in [2.05, 4.69) is 4.90 Å². The molecule has 1 aliphatic carbocycles. The second kappa shape index (κ2) is 6.68. The Labute approximate surface area is 115 Å². The van der Waals surface area contributed by atoms with Crippen molar-refractivity contribution in [3.63, 3.8) is 0 Å². The van der Waals surface area contributed by atoms with Crippen LogP contribution in [0.3, 0.4) is 0 Å². The van der Waals surface area contributed by atoms with Crippen molar-refractivity contribution in [2.24, 2.45) is 17.1 Å². The van der Waals surface area contributed by atoms with Crippen LogP contribution >= 0.6 is 0 Å². The van der Waals surface area contributed by atoms with Gasteiger partial charge in [-0.05, 0) is 25.3 Å². The number of hydrogen-bond donors (Lipinski definition) is 1. The number of esters is 1. The molecule has 1 aliphatic heterocycles. The topological polar surface area (TPSA) is 64.8 Å². The summed E-state index contributed by atoms with van der Waals surface area (Å²) in [5.41, 5.74) is 5.45. The summed E-state index contributed by atoms with van der Waals surface area (Å²) in [6, 6.07) is 0. The van der Waals surface area contributed by atoms with E-state index in [0.717, 1.165) is 45.7 Å². The molecule has 0 aromatic rings. The lowest BCUT2D eigenvalue weighted by molar-refractivity contribution is -0.153. The van der Waals surface area contributed by atoms with Gasteiger partial charge >= 0.3 is 5.97 Å². The van der Waals surface area contributed by atoms with Gasteiger partial charge in [-0.2, -0.15) is 0 Å². The molecule has 5 nitrogen and oxygen atoms in total. The highest BCUT2D eigenvalue weighted by Gasteiger charge is 2.43. The van der Waals surface area contributed by atoms with Crippen LogP contribution in [0.1, 0.15) is 25.7 Å². The SMILES string of the molecule is COC(=O)C(CN)(CCN1CCOCC1)CC1CC1. The van der Waals surface area contributed by atoms with Crippen LogP contribution in [0.15, 0.2) is 0 Å². The highest BCUT2D eigenvalue weighted by atomic mass is 16.5. The Morgan fingerprint density at radius 2 is 2.11 bits per heavy atom. The summed E-state index contributed by atoms with van der Waals surface area (Å²) in [6.45, 7) is 4.77. The number of carbonyl (C=O) groups is 1. The van der Waals surface area contributed by atoms with Gasteiger partial charge in [-0.25, -0.2) is 0 Å². The summed E-state index contributed by atoms with van der Waals surface area (Å²) in [6.07, 6.45) is 4.15. The third-order valence-corrected chi connectivity index (χ3v) is 4.40. The number of rotatable bonds is 7. The van der Waals surface area contributed by atoms with Crippen LogP contribution in [-0.2, 0) is 14.3 Å². The van der Waals surface area contributed by atoms with Crippen molar-refractivity contribution in [2.75, 3.05) is 46.5 Å². The maximum atomic E-state index is 12.2. The third kappa shape index (κ3) is 3.91. The second-order valence-electron chi connectivity index (χ2n) is 5.83. The Hall–Kier alpha value is -0.650. The minimum atomic E-state index is -0.478. The molecule has 110 valence electrons. The van der Waals surface area contributed by atoms with Crippen molar-refractivity contribution in [1.29, 1.82) is 0 Å². The molecule has 0 bridgehead atoms. The fourth-order valence-corrected chi connectivity index (χ4v) is 2.84. The van der Waals surface area contributed by atoms with E-state index in [0.29, 0.717) is 12.5 Å². The zero-order chi connectivity index (χ0) is 13.7. The Morgan fingerprint density at radius 3 is 2.63 bits per heavy atom. The number of hydrogen-bond acceptors (Lipinski definition) is 5. The lowest BCUT2D eigenvalue weighted by Crippen LogP contribution is -2.45. The first kappa shape index (κ1) is 14.8. The molecule has 2 rings (SSSR count). The molecule has 0 aromatic heterocycles. The normalized spacial score (nSPS) is 23.9. The molecule has 1 saturated carbocycles. The first-order valence-electron chi connectivity index (χ1n) is 7.29. The summed E-state index contributed by atoms with van der Waals surface area (Å²) >= 11 is 0. The number of nitrogens with zero attached hydrogens (tertiary/aromatic N) is 1. The monoisotopic (exact) mass is 270 g/mol. The van der Waals surface area contributed by atoms with Crippen molar-refractivity contribution < 1.29 is 14.3 Å². The molecule has 1 heterocycles. The molecule has 2 N–H and O–H groups in total. The largest absolute Gasteiger partial charge is 0.469 e. The van der Waals surface area contributed by atoms with Crippen LogP contribution in [0.25, 0.3) is 0 Å².